The zero-order valence-corrected chi connectivity index (χ0v) is 15.6. The summed E-state index contributed by atoms with van der Waals surface area (Å²) in [6.45, 7) is 0. The molecule has 6 heteroatoms. The average molecular weight is 407 g/mol. The highest BCUT2D eigenvalue weighted by Crippen LogP contribution is 2.43. The summed E-state index contributed by atoms with van der Waals surface area (Å²) in [6, 6.07) is 5.18. The van der Waals surface area contributed by atoms with Gasteiger partial charge in [-0.15, -0.1) is 10.2 Å². The van der Waals surface area contributed by atoms with Gasteiger partial charge >= 0.3 is 0 Å². The molecule has 2 aliphatic rings. The highest BCUT2D eigenvalue weighted by molar-refractivity contribution is 9.11. The number of nitrogens with zero attached hydrogens (tertiary/aromatic N) is 2. The van der Waals surface area contributed by atoms with Crippen LogP contribution in [0.15, 0.2) is 33.2 Å². The maximum absolute atomic E-state index is 13.9. The fourth-order valence-electron chi connectivity index (χ4n) is 3.37. The van der Waals surface area contributed by atoms with Gasteiger partial charge in [-0.2, -0.15) is 0 Å². The first-order valence-electron chi connectivity index (χ1n) is 8.67. The van der Waals surface area contributed by atoms with E-state index in [1.54, 1.807) is 12.1 Å². The third-order valence-corrected chi connectivity index (χ3v) is 5.77. The van der Waals surface area contributed by atoms with Gasteiger partial charge in [0.2, 0.25) is 11.8 Å². The lowest BCUT2D eigenvalue weighted by molar-refractivity contribution is 0.385. The van der Waals surface area contributed by atoms with E-state index in [0.29, 0.717) is 17.7 Å². The zero-order chi connectivity index (χ0) is 17.4. The van der Waals surface area contributed by atoms with E-state index in [1.165, 1.54) is 7.11 Å². The van der Waals surface area contributed by atoms with Crippen LogP contribution < -0.4 is 4.74 Å². The van der Waals surface area contributed by atoms with E-state index in [4.69, 9.17) is 9.15 Å². The van der Waals surface area contributed by atoms with Crippen LogP contribution in [0.4, 0.5) is 4.39 Å². The molecule has 4 nitrogen and oxygen atoms in total. The number of methoxy groups -OCH3 is 1. The molecule has 0 radical (unpaired) electrons. The number of aromatic nitrogens is 2. The molecule has 2 aliphatic carbocycles. The number of hydrogen-bond donors (Lipinski definition) is 0. The number of allylic oxidation sites excluding steroid dienone is 2. The first kappa shape index (κ1) is 16.8. The van der Waals surface area contributed by atoms with E-state index in [-0.39, 0.29) is 17.5 Å². The van der Waals surface area contributed by atoms with Crippen LogP contribution in [0.25, 0.3) is 0 Å². The second kappa shape index (κ2) is 6.90. The van der Waals surface area contributed by atoms with Crippen LogP contribution in [0.3, 0.4) is 0 Å². The predicted octanol–water partition coefficient (Wildman–Crippen LogP) is 5.11. The smallest absolute Gasteiger partial charge is 0.224 e. The summed E-state index contributed by atoms with van der Waals surface area (Å²) in [5, 5.41) is 8.42. The third-order valence-electron chi connectivity index (χ3n) is 4.95. The van der Waals surface area contributed by atoms with Crippen LogP contribution in [0.1, 0.15) is 54.9 Å². The van der Waals surface area contributed by atoms with E-state index in [2.05, 4.69) is 32.2 Å². The van der Waals surface area contributed by atoms with Crippen molar-refractivity contribution < 1.29 is 13.5 Å². The zero-order valence-electron chi connectivity index (χ0n) is 14.0. The van der Waals surface area contributed by atoms with Gasteiger partial charge in [-0.05, 0) is 55.7 Å². The molecule has 1 fully saturated rings. The molecule has 1 heterocycles. The van der Waals surface area contributed by atoms with Crippen LogP contribution in [0.5, 0.6) is 5.75 Å². The lowest BCUT2D eigenvalue weighted by Crippen LogP contribution is -2.13. The largest absolute Gasteiger partial charge is 0.494 e. The predicted molar refractivity (Wildman–Crippen MR) is 95.4 cm³/mol. The highest BCUT2D eigenvalue weighted by atomic mass is 79.9. The molecule has 25 heavy (non-hydrogen) atoms. The molecular formula is C19H20BrFN2O2. The summed E-state index contributed by atoms with van der Waals surface area (Å²) in [4.78, 5) is 0. The van der Waals surface area contributed by atoms with Crippen molar-refractivity contribution in [3.8, 4) is 5.75 Å². The highest BCUT2D eigenvalue weighted by Gasteiger charge is 2.32. The minimum atomic E-state index is -0.310. The Morgan fingerprint density at radius 1 is 1.20 bits per heavy atom. The van der Waals surface area contributed by atoms with Gasteiger partial charge in [0.05, 0.1) is 13.0 Å². The van der Waals surface area contributed by atoms with Crippen molar-refractivity contribution in [2.75, 3.05) is 7.11 Å². The Bertz CT molecular complexity index is 800. The van der Waals surface area contributed by atoms with Crippen LogP contribution in [0.2, 0.25) is 0 Å². The fraction of sp³-hybridized carbons (Fsp3) is 0.474. The van der Waals surface area contributed by atoms with Gasteiger partial charge in [-0.25, -0.2) is 4.39 Å². The molecule has 0 saturated heterocycles. The molecule has 0 amide bonds. The van der Waals surface area contributed by atoms with Crippen molar-refractivity contribution in [2.45, 2.75) is 43.9 Å². The summed E-state index contributed by atoms with van der Waals surface area (Å²) < 4.78 is 25.8. The van der Waals surface area contributed by atoms with E-state index in [1.807, 2.05) is 6.07 Å². The van der Waals surface area contributed by atoms with Gasteiger partial charge in [-0.1, -0.05) is 28.1 Å². The Kier molecular flexibility index (Phi) is 4.63. The van der Waals surface area contributed by atoms with Crippen molar-refractivity contribution in [3.63, 3.8) is 0 Å². The van der Waals surface area contributed by atoms with E-state index < -0.39 is 0 Å². The summed E-state index contributed by atoms with van der Waals surface area (Å²) in [5.41, 5.74) is 0.979. The fourth-order valence-corrected chi connectivity index (χ4v) is 4.17. The van der Waals surface area contributed by atoms with Gasteiger partial charge in [0.25, 0.3) is 0 Å². The minimum Gasteiger partial charge on any atom is -0.494 e. The maximum Gasteiger partial charge on any atom is 0.224 e. The van der Waals surface area contributed by atoms with Crippen molar-refractivity contribution in [3.05, 3.63) is 51.9 Å². The van der Waals surface area contributed by atoms with Crippen molar-refractivity contribution in [2.24, 2.45) is 5.92 Å². The monoisotopic (exact) mass is 406 g/mol. The topological polar surface area (TPSA) is 48.2 Å². The standard InChI is InChI=1S/C19H20BrFN2O2/c1-24-17-7-3-12(10-16(17)21)8-11-2-6-14(15(20)9-11)19-23-22-18(25-19)13-4-5-13/h3,7,9-11,13-14H,2,4-6,8H2,1H3. The van der Waals surface area contributed by atoms with Crippen LogP contribution in [-0.2, 0) is 6.42 Å². The van der Waals surface area contributed by atoms with Gasteiger partial charge in [-0.3, -0.25) is 0 Å². The summed E-state index contributed by atoms with van der Waals surface area (Å²) in [7, 11) is 1.48. The van der Waals surface area contributed by atoms with Gasteiger partial charge < -0.3 is 9.15 Å². The number of benzene rings is 1. The Balaban J connectivity index is 1.45. The average Bonchev–Trinajstić information content (AvgIpc) is 3.33. The molecule has 2 unspecified atom stereocenters. The summed E-state index contributed by atoms with van der Waals surface area (Å²) >= 11 is 3.68. The maximum atomic E-state index is 13.9. The van der Waals surface area contributed by atoms with Crippen molar-refractivity contribution in [1.29, 1.82) is 0 Å². The third kappa shape index (κ3) is 3.64. The van der Waals surface area contributed by atoms with Crippen LogP contribution >= 0.6 is 15.9 Å². The molecule has 2 atom stereocenters. The van der Waals surface area contributed by atoms with Gasteiger partial charge in [0.15, 0.2) is 11.6 Å². The summed E-state index contributed by atoms with van der Waals surface area (Å²) in [5.74, 6) is 2.45. The van der Waals surface area contributed by atoms with Gasteiger partial charge in [0.1, 0.15) is 0 Å². The molecule has 0 spiro atoms. The van der Waals surface area contributed by atoms with Gasteiger partial charge in [0, 0.05) is 10.4 Å². The molecule has 2 aromatic rings. The van der Waals surface area contributed by atoms with Crippen LogP contribution in [-0.4, -0.2) is 17.3 Å². The summed E-state index contributed by atoms with van der Waals surface area (Å²) in [6.07, 6.45) is 7.28. The Morgan fingerprint density at radius 2 is 2.00 bits per heavy atom. The Morgan fingerprint density at radius 3 is 2.68 bits per heavy atom. The molecule has 0 N–H and O–H groups in total. The molecule has 132 valence electrons. The van der Waals surface area contributed by atoms with Crippen LogP contribution in [0, 0.1) is 11.7 Å². The Hall–Kier alpha value is -1.69. The molecule has 4 rings (SSSR count). The lowest BCUT2D eigenvalue weighted by atomic mass is 9.85. The molecular weight excluding hydrogens is 387 g/mol. The van der Waals surface area contributed by atoms with Crippen molar-refractivity contribution in [1.82, 2.24) is 10.2 Å². The number of hydrogen-bond acceptors (Lipinski definition) is 4. The molecule has 1 aromatic carbocycles. The number of ether oxygens (including phenoxy) is 1. The first-order chi connectivity index (χ1) is 12.1. The van der Waals surface area contributed by atoms with E-state index in [9.17, 15) is 4.39 Å². The van der Waals surface area contributed by atoms with Crippen molar-refractivity contribution >= 4 is 15.9 Å². The molecule has 1 saturated carbocycles. The number of halogens is 2. The van der Waals surface area contributed by atoms with E-state index >= 15 is 0 Å². The van der Waals surface area contributed by atoms with E-state index in [0.717, 1.165) is 48.0 Å². The molecule has 0 aliphatic heterocycles. The molecule has 1 aromatic heterocycles. The first-order valence-corrected chi connectivity index (χ1v) is 9.46. The quantitative estimate of drug-likeness (QED) is 0.691. The molecule has 0 bridgehead atoms. The normalized spacial score (nSPS) is 23.4. The Labute approximate surface area is 154 Å². The second-order valence-corrected chi connectivity index (χ2v) is 7.78. The number of rotatable bonds is 5. The lowest BCUT2D eigenvalue weighted by Gasteiger charge is -2.24. The second-order valence-electron chi connectivity index (χ2n) is 6.87. The minimum absolute atomic E-state index is 0.142. The SMILES string of the molecule is COc1ccc(CC2C=C(Br)C(c3nnc(C4CC4)o3)CC2)cc1F.